The van der Waals surface area contributed by atoms with E-state index in [4.69, 9.17) is 20.8 Å². The fourth-order valence-corrected chi connectivity index (χ4v) is 2.59. The summed E-state index contributed by atoms with van der Waals surface area (Å²) in [6.45, 7) is 2.15. The predicted molar refractivity (Wildman–Crippen MR) is 67.4 cm³/mol. The molecule has 0 atom stereocenters. The largest absolute Gasteiger partial charge is 0.468 e. The van der Waals surface area contributed by atoms with Crippen LogP contribution in [0.5, 0.6) is 0 Å². The molecule has 0 spiro atoms. The van der Waals surface area contributed by atoms with E-state index in [9.17, 15) is 4.79 Å². The number of halogens is 1. The Kier molecular flexibility index (Phi) is 3.86. The van der Waals surface area contributed by atoms with E-state index in [0.717, 1.165) is 10.4 Å². The van der Waals surface area contributed by atoms with Crippen LogP contribution in [0.25, 0.3) is 10.4 Å². The van der Waals surface area contributed by atoms with Crippen LogP contribution in [0.1, 0.15) is 12.7 Å². The predicted octanol–water partition coefficient (Wildman–Crippen LogP) is 3.77. The third-order valence-corrected chi connectivity index (χ3v) is 3.46. The highest BCUT2D eigenvalue weighted by Gasteiger charge is 2.14. The monoisotopic (exact) mass is 270 g/mol. The molecular formula is C12H11ClO3S. The molecular weight excluding hydrogens is 260 g/mol. The minimum Gasteiger partial charge on any atom is -0.468 e. The minimum absolute atomic E-state index is 0.145. The summed E-state index contributed by atoms with van der Waals surface area (Å²) in [6.07, 6.45) is 1.71. The molecule has 0 amide bonds. The molecule has 2 heterocycles. The zero-order valence-electron chi connectivity index (χ0n) is 9.23. The van der Waals surface area contributed by atoms with E-state index < -0.39 is 0 Å². The highest BCUT2D eigenvalue weighted by atomic mass is 35.5. The second-order valence-corrected chi connectivity index (χ2v) is 5.06. The highest BCUT2D eigenvalue weighted by Crippen LogP contribution is 2.33. The molecule has 0 aromatic carbocycles. The van der Waals surface area contributed by atoms with E-state index in [0.29, 0.717) is 16.7 Å². The maximum Gasteiger partial charge on any atom is 0.313 e. The molecule has 0 saturated heterocycles. The van der Waals surface area contributed by atoms with Crippen LogP contribution in [0.3, 0.4) is 0 Å². The summed E-state index contributed by atoms with van der Waals surface area (Å²) in [6, 6.07) is 5.56. The summed E-state index contributed by atoms with van der Waals surface area (Å²) in [5, 5.41) is 0. The van der Waals surface area contributed by atoms with Crippen molar-refractivity contribution in [2.24, 2.45) is 0 Å². The van der Waals surface area contributed by atoms with Crippen molar-refractivity contribution in [1.82, 2.24) is 0 Å². The van der Waals surface area contributed by atoms with Crippen molar-refractivity contribution in [3.8, 4) is 10.4 Å². The van der Waals surface area contributed by atoms with Gasteiger partial charge in [-0.25, -0.2) is 0 Å². The molecule has 17 heavy (non-hydrogen) atoms. The van der Waals surface area contributed by atoms with Gasteiger partial charge in [-0.2, -0.15) is 0 Å². The maximum atomic E-state index is 11.4. The van der Waals surface area contributed by atoms with E-state index in [1.54, 1.807) is 13.2 Å². The van der Waals surface area contributed by atoms with E-state index in [2.05, 4.69) is 0 Å². The lowest BCUT2D eigenvalue weighted by Crippen LogP contribution is -2.07. The number of esters is 1. The Morgan fingerprint density at radius 1 is 1.47 bits per heavy atom. The van der Waals surface area contributed by atoms with Gasteiger partial charge in [0.1, 0.15) is 12.2 Å². The number of hydrogen-bond donors (Lipinski definition) is 0. The Bertz CT molecular complexity index is 515. The molecule has 0 aliphatic rings. The summed E-state index contributed by atoms with van der Waals surface area (Å²) in [5.74, 6) is 0.327. The van der Waals surface area contributed by atoms with Crippen LogP contribution in [0.2, 0.25) is 4.34 Å². The van der Waals surface area contributed by atoms with Gasteiger partial charge in [0.2, 0.25) is 0 Å². The minimum atomic E-state index is -0.286. The molecule has 0 aliphatic carbocycles. The lowest BCUT2D eigenvalue weighted by Gasteiger charge is -2.01. The van der Waals surface area contributed by atoms with E-state index in [1.807, 2.05) is 18.2 Å². The van der Waals surface area contributed by atoms with Crippen molar-refractivity contribution in [2.45, 2.75) is 13.3 Å². The van der Waals surface area contributed by atoms with Gasteiger partial charge >= 0.3 is 5.97 Å². The van der Waals surface area contributed by atoms with Gasteiger partial charge in [-0.15, -0.1) is 11.3 Å². The summed E-state index contributed by atoms with van der Waals surface area (Å²) in [5.41, 5.74) is 0.898. The standard InChI is InChI=1S/C12H11ClO3S/c1-2-15-12(14)7-9-8(5-6-16-9)10-3-4-11(13)17-10/h3-6H,2,7H2,1H3. The Balaban J connectivity index is 2.20. The Morgan fingerprint density at radius 2 is 2.29 bits per heavy atom. The molecule has 2 aromatic heterocycles. The van der Waals surface area contributed by atoms with Crippen molar-refractivity contribution < 1.29 is 13.9 Å². The normalized spacial score (nSPS) is 10.5. The number of hydrogen-bond acceptors (Lipinski definition) is 4. The number of carbonyl (C=O) groups is 1. The number of carbonyl (C=O) groups excluding carboxylic acids is 1. The van der Waals surface area contributed by atoms with Gasteiger partial charge in [-0.3, -0.25) is 4.79 Å². The average Bonchev–Trinajstić information content (AvgIpc) is 2.87. The van der Waals surface area contributed by atoms with Gasteiger partial charge in [0, 0.05) is 10.4 Å². The summed E-state index contributed by atoms with van der Waals surface area (Å²) >= 11 is 7.33. The van der Waals surface area contributed by atoms with Crippen LogP contribution in [-0.4, -0.2) is 12.6 Å². The van der Waals surface area contributed by atoms with Gasteiger partial charge in [0.05, 0.1) is 17.2 Å². The second kappa shape index (κ2) is 5.38. The van der Waals surface area contributed by atoms with Gasteiger partial charge in [-0.05, 0) is 25.1 Å². The molecule has 3 nitrogen and oxygen atoms in total. The van der Waals surface area contributed by atoms with Crippen LogP contribution in [0.4, 0.5) is 0 Å². The van der Waals surface area contributed by atoms with Crippen molar-refractivity contribution in [3.05, 3.63) is 34.6 Å². The van der Waals surface area contributed by atoms with Gasteiger partial charge in [0.15, 0.2) is 0 Å². The van der Waals surface area contributed by atoms with Gasteiger partial charge in [0.25, 0.3) is 0 Å². The van der Waals surface area contributed by atoms with E-state index in [1.165, 1.54) is 11.3 Å². The van der Waals surface area contributed by atoms with E-state index >= 15 is 0 Å². The van der Waals surface area contributed by atoms with Crippen LogP contribution >= 0.6 is 22.9 Å². The maximum absolute atomic E-state index is 11.4. The molecule has 0 aliphatic heterocycles. The van der Waals surface area contributed by atoms with Crippen LogP contribution < -0.4 is 0 Å². The molecule has 5 heteroatoms. The second-order valence-electron chi connectivity index (χ2n) is 3.34. The number of furan rings is 1. The Morgan fingerprint density at radius 3 is 2.94 bits per heavy atom. The lowest BCUT2D eigenvalue weighted by atomic mass is 10.2. The van der Waals surface area contributed by atoms with E-state index in [-0.39, 0.29) is 12.4 Å². The third kappa shape index (κ3) is 2.90. The Labute approximate surface area is 108 Å². The third-order valence-electron chi connectivity index (χ3n) is 2.19. The SMILES string of the molecule is CCOC(=O)Cc1occc1-c1ccc(Cl)s1. The molecule has 2 aromatic rings. The molecule has 90 valence electrons. The molecule has 0 saturated carbocycles. The number of thiophene rings is 1. The molecule has 0 fully saturated rings. The first kappa shape index (κ1) is 12.2. The van der Waals surface area contributed by atoms with Gasteiger partial charge in [-0.1, -0.05) is 11.6 Å². The molecule has 0 N–H and O–H groups in total. The summed E-state index contributed by atoms with van der Waals surface area (Å²) < 4.78 is 10.9. The molecule has 2 rings (SSSR count). The first-order valence-corrected chi connectivity index (χ1v) is 6.38. The van der Waals surface area contributed by atoms with Crippen molar-refractivity contribution in [3.63, 3.8) is 0 Å². The molecule has 0 bridgehead atoms. The quantitative estimate of drug-likeness (QED) is 0.794. The van der Waals surface area contributed by atoms with Crippen LogP contribution in [0.15, 0.2) is 28.9 Å². The lowest BCUT2D eigenvalue weighted by molar-refractivity contribution is -0.142. The number of rotatable bonds is 4. The molecule has 0 unspecified atom stereocenters. The first-order chi connectivity index (χ1) is 8.20. The first-order valence-electron chi connectivity index (χ1n) is 5.18. The van der Waals surface area contributed by atoms with Crippen molar-refractivity contribution in [2.75, 3.05) is 6.61 Å². The fraction of sp³-hybridized carbons (Fsp3) is 0.250. The zero-order valence-corrected chi connectivity index (χ0v) is 10.8. The Hall–Kier alpha value is -1.26. The summed E-state index contributed by atoms with van der Waals surface area (Å²) in [4.78, 5) is 12.4. The summed E-state index contributed by atoms with van der Waals surface area (Å²) in [7, 11) is 0. The van der Waals surface area contributed by atoms with Crippen LogP contribution in [-0.2, 0) is 16.0 Å². The van der Waals surface area contributed by atoms with Gasteiger partial charge < -0.3 is 9.15 Å². The fourth-order valence-electron chi connectivity index (χ4n) is 1.50. The smallest absolute Gasteiger partial charge is 0.313 e. The van der Waals surface area contributed by atoms with Crippen molar-refractivity contribution in [1.29, 1.82) is 0 Å². The average molecular weight is 271 g/mol. The molecule has 0 radical (unpaired) electrons. The zero-order chi connectivity index (χ0) is 12.3. The van der Waals surface area contributed by atoms with Crippen molar-refractivity contribution >= 4 is 28.9 Å². The topological polar surface area (TPSA) is 39.4 Å². The highest BCUT2D eigenvalue weighted by molar-refractivity contribution is 7.19. The number of ether oxygens (including phenoxy) is 1. The van der Waals surface area contributed by atoms with Crippen LogP contribution in [0, 0.1) is 0 Å².